The van der Waals surface area contributed by atoms with E-state index in [9.17, 15) is 0 Å². The number of anilines is 3. The molecule has 0 bridgehead atoms. The van der Waals surface area contributed by atoms with Crippen LogP contribution in [0.5, 0.6) is 0 Å². The van der Waals surface area contributed by atoms with Crippen LogP contribution in [-0.2, 0) is 5.41 Å². The van der Waals surface area contributed by atoms with E-state index in [1.165, 1.54) is 53.7 Å². The largest absolute Gasteiger partial charge is 0.456 e. The maximum absolute atomic E-state index is 6.11. The maximum atomic E-state index is 6.11. The summed E-state index contributed by atoms with van der Waals surface area (Å²) in [7, 11) is 0. The average Bonchev–Trinajstić information content (AvgIpc) is 3.71. The zero-order valence-electron chi connectivity index (χ0n) is 27.8. The third-order valence-corrected chi connectivity index (χ3v) is 10.8. The minimum Gasteiger partial charge on any atom is -0.456 e. The van der Waals surface area contributed by atoms with E-state index in [-0.39, 0.29) is 5.41 Å². The van der Waals surface area contributed by atoms with Gasteiger partial charge in [0.25, 0.3) is 0 Å². The van der Waals surface area contributed by atoms with E-state index in [4.69, 9.17) is 4.42 Å². The van der Waals surface area contributed by atoms with Crippen molar-refractivity contribution in [3.8, 4) is 22.3 Å². The molecular formula is C46H35NOS. The van der Waals surface area contributed by atoms with Crippen LogP contribution in [0.25, 0.3) is 64.4 Å². The van der Waals surface area contributed by atoms with E-state index in [1.807, 2.05) is 23.5 Å². The Balaban J connectivity index is 1.19. The third kappa shape index (κ3) is 5.10. The highest BCUT2D eigenvalue weighted by atomic mass is 32.1. The lowest BCUT2D eigenvalue weighted by Crippen LogP contribution is -2.11. The van der Waals surface area contributed by atoms with E-state index in [1.54, 1.807) is 0 Å². The van der Waals surface area contributed by atoms with Crippen molar-refractivity contribution < 1.29 is 4.42 Å². The summed E-state index contributed by atoms with van der Waals surface area (Å²) in [5.41, 5.74) is 11.5. The highest BCUT2D eigenvalue weighted by Crippen LogP contribution is 2.47. The summed E-state index contributed by atoms with van der Waals surface area (Å²) >= 11 is 1.89. The molecular weight excluding hydrogens is 615 g/mol. The molecule has 0 saturated carbocycles. The van der Waals surface area contributed by atoms with Gasteiger partial charge in [0.1, 0.15) is 11.2 Å². The summed E-state index contributed by atoms with van der Waals surface area (Å²) in [4.78, 5) is 2.42. The Labute approximate surface area is 290 Å². The van der Waals surface area contributed by atoms with E-state index < -0.39 is 0 Å². The summed E-state index contributed by atoms with van der Waals surface area (Å²) in [5, 5.41) is 4.97. The number of thiophene rings is 1. The molecule has 0 spiro atoms. The second-order valence-electron chi connectivity index (χ2n) is 13.8. The van der Waals surface area contributed by atoms with Crippen LogP contribution in [0.3, 0.4) is 0 Å². The topological polar surface area (TPSA) is 16.4 Å². The molecule has 9 aromatic rings. The van der Waals surface area contributed by atoms with Gasteiger partial charge in [0, 0.05) is 37.6 Å². The summed E-state index contributed by atoms with van der Waals surface area (Å²) in [6.07, 6.45) is 0. The molecule has 0 atom stereocenters. The van der Waals surface area contributed by atoms with Crippen LogP contribution in [0.15, 0.2) is 162 Å². The van der Waals surface area contributed by atoms with Crippen LogP contribution in [0.1, 0.15) is 26.3 Å². The fourth-order valence-electron chi connectivity index (χ4n) is 7.20. The number of rotatable bonds is 5. The van der Waals surface area contributed by atoms with E-state index in [0.29, 0.717) is 0 Å². The van der Waals surface area contributed by atoms with Gasteiger partial charge in [-0.2, -0.15) is 0 Å². The van der Waals surface area contributed by atoms with Crippen LogP contribution in [0, 0.1) is 0 Å². The second-order valence-corrected chi connectivity index (χ2v) is 14.8. The Morgan fingerprint density at radius 3 is 1.82 bits per heavy atom. The Kier molecular flexibility index (Phi) is 6.93. The van der Waals surface area contributed by atoms with Gasteiger partial charge >= 0.3 is 0 Å². The van der Waals surface area contributed by atoms with Crippen molar-refractivity contribution in [3.63, 3.8) is 0 Å². The molecule has 0 aliphatic carbocycles. The molecule has 0 unspecified atom stereocenters. The first kappa shape index (κ1) is 29.5. The average molecular weight is 650 g/mol. The standard InChI is InChI=1S/C46H35NOS/c1-46(2,3)39-15-10-18-43-44(39)37-14-9-16-40(45(37)49-43)47(34-24-19-31(20-25-34)30-11-5-4-6-12-30)35-26-21-32(22-27-35)33-23-28-42-38(29-33)36-13-7-8-17-41(36)48-42/h4-29H,1-3H3. The predicted octanol–water partition coefficient (Wildman–Crippen LogP) is 14.1. The van der Waals surface area contributed by atoms with Crippen molar-refractivity contribution >= 4 is 70.5 Å². The van der Waals surface area contributed by atoms with E-state index in [2.05, 4.69) is 171 Å². The normalized spacial score (nSPS) is 12.0. The van der Waals surface area contributed by atoms with Gasteiger partial charge in [-0.05, 0) is 87.8 Å². The van der Waals surface area contributed by atoms with Gasteiger partial charge < -0.3 is 9.32 Å². The van der Waals surface area contributed by atoms with Crippen molar-refractivity contribution in [1.82, 2.24) is 0 Å². The second kappa shape index (κ2) is 11.5. The third-order valence-electron chi connectivity index (χ3n) is 9.62. The Morgan fingerprint density at radius 2 is 1.08 bits per heavy atom. The molecule has 0 aliphatic heterocycles. The summed E-state index contributed by atoms with van der Waals surface area (Å²) in [6, 6.07) is 56.9. The number of furan rings is 1. The molecule has 2 nitrogen and oxygen atoms in total. The first-order chi connectivity index (χ1) is 23.9. The molecule has 9 rings (SSSR count). The smallest absolute Gasteiger partial charge is 0.135 e. The molecule has 0 amide bonds. The monoisotopic (exact) mass is 649 g/mol. The van der Waals surface area contributed by atoms with Gasteiger partial charge in [-0.25, -0.2) is 0 Å². The molecule has 2 aromatic heterocycles. The molecule has 7 aromatic carbocycles. The first-order valence-electron chi connectivity index (χ1n) is 16.8. The summed E-state index contributed by atoms with van der Waals surface area (Å²) in [5.74, 6) is 0. The van der Waals surface area contributed by atoms with Crippen molar-refractivity contribution in [1.29, 1.82) is 0 Å². The highest BCUT2D eigenvalue weighted by Gasteiger charge is 2.23. The van der Waals surface area contributed by atoms with Crippen LogP contribution < -0.4 is 4.90 Å². The lowest BCUT2D eigenvalue weighted by atomic mass is 9.84. The zero-order chi connectivity index (χ0) is 33.1. The molecule has 0 N–H and O–H groups in total. The van der Waals surface area contributed by atoms with Gasteiger partial charge in [0.05, 0.1) is 10.4 Å². The quantitative estimate of drug-likeness (QED) is 0.184. The van der Waals surface area contributed by atoms with Crippen molar-refractivity contribution in [2.75, 3.05) is 4.90 Å². The van der Waals surface area contributed by atoms with Crippen molar-refractivity contribution in [2.24, 2.45) is 0 Å². The number of fused-ring (bicyclic) bond motifs is 6. The number of hydrogen-bond donors (Lipinski definition) is 0. The fraction of sp³-hybridized carbons (Fsp3) is 0.0870. The van der Waals surface area contributed by atoms with Gasteiger partial charge in [-0.15, -0.1) is 11.3 Å². The lowest BCUT2D eigenvalue weighted by Gasteiger charge is -2.26. The van der Waals surface area contributed by atoms with E-state index >= 15 is 0 Å². The minimum atomic E-state index is 0.0397. The van der Waals surface area contributed by atoms with Crippen molar-refractivity contribution in [2.45, 2.75) is 26.2 Å². The Bertz CT molecular complexity index is 2620. The first-order valence-corrected chi connectivity index (χ1v) is 17.7. The SMILES string of the molecule is CC(C)(C)c1cccc2sc3c(N(c4ccc(-c5ccccc5)cc4)c4ccc(-c5ccc6oc7ccccc7c6c5)cc4)cccc3c12. The van der Waals surface area contributed by atoms with Crippen LogP contribution >= 0.6 is 11.3 Å². The van der Waals surface area contributed by atoms with E-state index in [0.717, 1.165) is 33.3 Å². The van der Waals surface area contributed by atoms with Crippen molar-refractivity contribution in [3.05, 3.63) is 163 Å². The van der Waals surface area contributed by atoms with Crippen LogP contribution in [0.4, 0.5) is 17.1 Å². The molecule has 2 heterocycles. The molecule has 0 saturated heterocycles. The van der Waals surface area contributed by atoms with Gasteiger partial charge in [0.15, 0.2) is 0 Å². The lowest BCUT2D eigenvalue weighted by molar-refractivity contribution is 0.596. The Morgan fingerprint density at radius 1 is 0.490 bits per heavy atom. The molecule has 0 aliphatic rings. The number of hydrogen-bond acceptors (Lipinski definition) is 3. The molecule has 49 heavy (non-hydrogen) atoms. The molecule has 0 radical (unpaired) electrons. The minimum absolute atomic E-state index is 0.0397. The fourth-order valence-corrected chi connectivity index (χ4v) is 8.44. The molecule has 3 heteroatoms. The number of nitrogens with zero attached hydrogens (tertiary/aromatic N) is 1. The number of para-hydroxylation sites is 1. The summed E-state index contributed by atoms with van der Waals surface area (Å²) < 4.78 is 8.73. The highest BCUT2D eigenvalue weighted by molar-refractivity contribution is 7.26. The van der Waals surface area contributed by atoms with Gasteiger partial charge in [-0.3, -0.25) is 0 Å². The van der Waals surface area contributed by atoms with Gasteiger partial charge in [-0.1, -0.05) is 124 Å². The van der Waals surface area contributed by atoms with Crippen LogP contribution in [-0.4, -0.2) is 0 Å². The van der Waals surface area contributed by atoms with Crippen LogP contribution in [0.2, 0.25) is 0 Å². The molecule has 236 valence electrons. The van der Waals surface area contributed by atoms with Gasteiger partial charge in [0.2, 0.25) is 0 Å². The summed E-state index contributed by atoms with van der Waals surface area (Å²) in [6.45, 7) is 6.93. The number of benzene rings is 7. The maximum Gasteiger partial charge on any atom is 0.135 e. The Hall–Kier alpha value is -5.64. The predicted molar refractivity (Wildman–Crippen MR) is 211 cm³/mol. The zero-order valence-corrected chi connectivity index (χ0v) is 28.6. The molecule has 0 fully saturated rings.